The molecule has 2 aromatic rings. The van der Waals surface area contributed by atoms with Crippen molar-refractivity contribution < 1.29 is 0 Å². The molecule has 0 amide bonds. The van der Waals surface area contributed by atoms with Crippen molar-refractivity contribution in [2.24, 2.45) is 4.99 Å². The molecule has 0 unspecified atom stereocenters. The number of fused-ring (bicyclic) bond motifs is 1. The molecular formula is C28H32N4. The van der Waals surface area contributed by atoms with E-state index in [1.807, 2.05) is 30.7 Å². The summed E-state index contributed by atoms with van der Waals surface area (Å²) >= 11 is 0. The minimum atomic E-state index is 0.704. The third-order valence-electron chi connectivity index (χ3n) is 6.28. The van der Waals surface area contributed by atoms with Gasteiger partial charge in [0, 0.05) is 17.5 Å². The van der Waals surface area contributed by atoms with Crippen molar-refractivity contribution in [3.05, 3.63) is 84.6 Å². The van der Waals surface area contributed by atoms with Gasteiger partial charge in [-0.05, 0) is 55.4 Å². The first-order chi connectivity index (χ1) is 15.5. The van der Waals surface area contributed by atoms with Gasteiger partial charge in [0.25, 0.3) is 0 Å². The molecule has 1 aliphatic heterocycles. The van der Waals surface area contributed by atoms with E-state index in [2.05, 4.69) is 54.3 Å². The van der Waals surface area contributed by atoms with Crippen LogP contribution in [0.2, 0.25) is 0 Å². The molecule has 0 atom stereocenters. The summed E-state index contributed by atoms with van der Waals surface area (Å²) < 4.78 is 1.84. The molecule has 2 aliphatic rings. The first-order valence-electron chi connectivity index (χ1n) is 11.4. The number of hydrogen-bond acceptors (Lipinski definition) is 3. The Bertz CT molecular complexity index is 1130. The maximum atomic E-state index is 4.81. The van der Waals surface area contributed by atoms with Crippen LogP contribution in [0.4, 0.5) is 5.82 Å². The Hall–Kier alpha value is -3.40. The molecule has 0 saturated heterocycles. The Balaban J connectivity index is 1.67. The first kappa shape index (κ1) is 21.8. The number of allylic oxidation sites excluding steroid dienone is 5. The number of aromatic nitrogens is 2. The van der Waals surface area contributed by atoms with Crippen LogP contribution >= 0.6 is 0 Å². The normalized spacial score (nSPS) is 17.1. The highest BCUT2D eigenvalue weighted by molar-refractivity contribution is 5.94. The zero-order valence-corrected chi connectivity index (χ0v) is 19.2. The van der Waals surface area contributed by atoms with Crippen LogP contribution in [0.3, 0.4) is 0 Å². The van der Waals surface area contributed by atoms with Gasteiger partial charge in [-0.1, -0.05) is 75.4 Å². The molecule has 4 rings (SSSR count). The fourth-order valence-corrected chi connectivity index (χ4v) is 4.65. The van der Waals surface area contributed by atoms with Crippen LogP contribution in [0.1, 0.15) is 74.3 Å². The molecule has 32 heavy (non-hydrogen) atoms. The summed E-state index contributed by atoms with van der Waals surface area (Å²) in [6.07, 6.45) is 14.0. The highest BCUT2D eigenvalue weighted by Crippen LogP contribution is 2.39. The lowest BCUT2D eigenvalue weighted by Crippen LogP contribution is -2.13. The maximum Gasteiger partial charge on any atom is 0.142 e. The molecule has 1 N–H and O–H groups in total. The number of benzene rings is 1. The molecule has 1 fully saturated rings. The summed E-state index contributed by atoms with van der Waals surface area (Å²) in [5, 5.41) is 8.40. The van der Waals surface area contributed by atoms with E-state index in [9.17, 15) is 0 Å². The molecule has 1 aromatic heterocycles. The molecule has 1 aromatic carbocycles. The van der Waals surface area contributed by atoms with Crippen LogP contribution in [0.15, 0.2) is 67.2 Å². The third-order valence-corrected chi connectivity index (χ3v) is 6.28. The Labute approximate surface area is 191 Å². The van der Waals surface area contributed by atoms with Gasteiger partial charge in [-0.2, -0.15) is 5.10 Å². The van der Waals surface area contributed by atoms with E-state index in [0.29, 0.717) is 5.92 Å². The maximum absolute atomic E-state index is 4.81. The van der Waals surface area contributed by atoms with Gasteiger partial charge in [-0.15, -0.1) is 0 Å². The quantitative estimate of drug-likeness (QED) is 0.487. The molecule has 4 nitrogen and oxygen atoms in total. The smallest absolute Gasteiger partial charge is 0.142 e. The summed E-state index contributed by atoms with van der Waals surface area (Å²) in [4.78, 5) is 4.50. The van der Waals surface area contributed by atoms with Gasteiger partial charge in [0.05, 0.1) is 11.4 Å². The average Bonchev–Trinajstić information content (AvgIpc) is 3.20. The standard InChI is InChI=1S/C28H32N4/c1-6-17-29-24(7-2)27-26(19(3)4)28-30-25(18-20(5)32(28)31-27)23-15-13-22(14-16-23)21-11-9-8-10-12-21/h6-7,13-18,21,30H,1,3,5,8-12H2,2,4H3/b24-7-,29-17-. The van der Waals surface area contributed by atoms with Gasteiger partial charge < -0.3 is 5.32 Å². The lowest BCUT2D eigenvalue weighted by molar-refractivity contribution is 0.443. The van der Waals surface area contributed by atoms with E-state index in [-0.39, 0.29) is 0 Å². The molecule has 4 heteroatoms. The Kier molecular flexibility index (Phi) is 6.40. The minimum absolute atomic E-state index is 0.704. The second-order valence-corrected chi connectivity index (χ2v) is 8.58. The third kappa shape index (κ3) is 4.18. The SMILES string of the molecule is C=C/C=N\C(=C/C)c1nn2c(c1C(=C)C)NC(c1ccc(C3CCCCC3)cc1)=CC2=C. The summed E-state index contributed by atoms with van der Waals surface area (Å²) in [5.41, 5.74) is 7.85. The van der Waals surface area contributed by atoms with Crippen LogP contribution in [0.25, 0.3) is 22.7 Å². The molecule has 0 bridgehead atoms. The zero-order valence-electron chi connectivity index (χ0n) is 19.2. The first-order valence-corrected chi connectivity index (χ1v) is 11.4. The lowest BCUT2D eigenvalue weighted by atomic mass is 9.84. The fraction of sp³-hybridized carbons (Fsp3) is 0.286. The van der Waals surface area contributed by atoms with E-state index in [1.165, 1.54) is 37.7 Å². The van der Waals surface area contributed by atoms with Gasteiger partial charge in [-0.25, -0.2) is 4.68 Å². The fourth-order valence-electron chi connectivity index (χ4n) is 4.65. The second kappa shape index (κ2) is 9.39. The number of rotatable bonds is 6. The monoisotopic (exact) mass is 424 g/mol. The van der Waals surface area contributed by atoms with Crippen LogP contribution < -0.4 is 5.32 Å². The molecule has 0 radical (unpaired) electrons. The number of hydrogen-bond donors (Lipinski definition) is 1. The van der Waals surface area contributed by atoms with Crippen LogP contribution in [-0.4, -0.2) is 16.0 Å². The largest absolute Gasteiger partial charge is 0.339 e. The van der Waals surface area contributed by atoms with Crippen molar-refractivity contribution in [3.63, 3.8) is 0 Å². The summed E-state index contributed by atoms with van der Waals surface area (Å²) in [6.45, 7) is 16.1. The van der Waals surface area contributed by atoms with E-state index in [1.54, 1.807) is 12.3 Å². The van der Waals surface area contributed by atoms with Gasteiger partial charge in [0.15, 0.2) is 0 Å². The molecule has 0 spiro atoms. The van der Waals surface area contributed by atoms with Crippen LogP contribution in [-0.2, 0) is 0 Å². The van der Waals surface area contributed by atoms with Crippen LogP contribution in [0.5, 0.6) is 0 Å². The highest BCUT2D eigenvalue weighted by atomic mass is 15.4. The predicted octanol–water partition coefficient (Wildman–Crippen LogP) is 7.52. The van der Waals surface area contributed by atoms with E-state index in [4.69, 9.17) is 5.10 Å². The number of aliphatic imine (C=N–C) groups is 1. The topological polar surface area (TPSA) is 42.2 Å². The summed E-state index contributed by atoms with van der Waals surface area (Å²) in [7, 11) is 0. The Morgan fingerprint density at radius 1 is 1.19 bits per heavy atom. The Morgan fingerprint density at radius 2 is 1.91 bits per heavy atom. The summed E-state index contributed by atoms with van der Waals surface area (Å²) in [6, 6.07) is 9.01. The molecule has 164 valence electrons. The van der Waals surface area contributed by atoms with Gasteiger partial charge in [0.2, 0.25) is 0 Å². The van der Waals surface area contributed by atoms with Gasteiger partial charge >= 0.3 is 0 Å². The van der Waals surface area contributed by atoms with Crippen molar-refractivity contribution in [2.75, 3.05) is 5.32 Å². The van der Waals surface area contributed by atoms with Gasteiger partial charge in [-0.3, -0.25) is 4.99 Å². The van der Waals surface area contributed by atoms with E-state index in [0.717, 1.165) is 45.3 Å². The number of nitrogens with one attached hydrogen (secondary N) is 1. The average molecular weight is 425 g/mol. The Morgan fingerprint density at radius 3 is 2.53 bits per heavy atom. The van der Waals surface area contributed by atoms with Crippen molar-refractivity contribution in [2.45, 2.75) is 51.9 Å². The van der Waals surface area contributed by atoms with E-state index >= 15 is 0 Å². The molecule has 1 aliphatic carbocycles. The van der Waals surface area contributed by atoms with Gasteiger partial charge in [0.1, 0.15) is 11.5 Å². The van der Waals surface area contributed by atoms with E-state index < -0.39 is 0 Å². The minimum Gasteiger partial charge on any atom is -0.339 e. The predicted molar refractivity (Wildman–Crippen MR) is 138 cm³/mol. The van der Waals surface area contributed by atoms with Crippen molar-refractivity contribution in [1.82, 2.24) is 9.78 Å². The molecular weight excluding hydrogens is 392 g/mol. The summed E-state index contributed by atoms with van der Waals surface area (Å²) in [5.74, 6) is 1.58. The van der Waals surface area contributed by atoms with Crippen molar-refractivity contribution in [1.29, 1.82) is 0 Å². The lowest BCUT2D eigenvalue weighted by Gasteiger charge is -2.23. The number of anilines is 1. The second-order valence-electron chi connectivity index (χ2n) is 8.58. The molecule has 1 saturated carbocycles. The van der Waals surface area contributed by atoms with Crippen molar-refractivity contribution in [3.8, 4) is 0 Å². The zero-order chi connectivity index (χ0) is 22.7. The van der Waals surface area contributed by atoms with Crippen molar-refractivity contribution >= 4 is 34.7 Å². The van der Waals surface area contributed by atoms with Crippen LogP contribution in [0, 0.1) is 0 Å². The molecule has 2 heterocycles. The highest BCUT2D eigenvalue weighted by Gasteiger charge is 2.25. The number of nitrogens with zero attached hydrogens (tertiary/aromatic N) is 3.